The van der Waals surface area contributed by atoms with Crippen molar-refractivity contribution < 1.29 is 0 Å². The van der Waals surface area contributed by atoms with E-state index in [1.54, 1.807) is 0 Å². The Hall–Kier alpha value is -2.54. The van der Waals surface area contributed by atoms with Crippen LogP contribution < -0.4 is 0 Å². The van der Waals surface area contributed by atoms with Crippen LogP contribution in [0.4, 0.5) is 0 Å². The zero-order valence-electron chi connectivity index (χ0n) is 10.7. The minimum atomic E-state index is 1.16. The quantitative estimate of drug-likeness (QED) is 0.617. The highest BCUT2D eigenvalue weighted by Crippen LogP contribution is 2.25. The van der Waals surface area contributed by atoms with Crippen molar-refractivity contribution >= 4 is 6.20 Å². The number of aromatic nitrogens is 1. The van der Waals surface area contributed by atoms with Gasteiger partial charge < -0.3 is 4.57 Å². The third-order valence-electron chi connectivity index (χ3n) is 3.26. The van der Waals surface area contributed by atoms with Crippen LogP contribution in [0, 0.1) is 0 Å². The molecule has 1 heteroatoms. The van der Waals surface area contributed by atoms with Gasteiger partial charge in [0.1, 0.15) is 0 Å². The molecule has 0 bridgehead atoms. The minimum Gasteiger partial charge on any atom is -0.324 e. The predicted octanol–water partition coefficient (Wildman–Crippen LogP) is 4.92. The summed E-state index contributed by atoms with van der Waals surface area (Å²) < 4.78 is 2.03. The molecule has 1 heterocycles. The molecule has 3 aromatic rings. The Bertz CT molecular complexity index is 675. The Morgan fingerprint density at radius 2 is 1.32 bits per heavy atom. The number of nitrogens with zero attached hydrogens (tertiary/aromatic N) is 1. The van der Waals surface area contributed by atoms with Crippen LogP contribution >= 0.6 is 0 Å². The molecule has 0 aliphatic rings. The maximum Gasteiger partial charge on any atom is 0.0522 e. The van der Waals surface area contributed by atoms with E-state index in [4.69, 9.17) is 0 Å². The number of benzene rings is 2. The Morgan fingerprint density at radius 1 is 0.684 bits per heavy atom. The molecule has 0 fully saturated rings. The third-order valence-corrected chi connectivity index (χ3v) is 3.26. The highest BCUT2D eigenvalue weighted by molar-refractivity contribution is 5.69. The molecule has 19 heavy (non-hydrogen) atoms. The van der Waals surface area contributed by atoms with Crippen LogP contribution in [-0.4, -0.2) is 4.57 Å². The normalized spacial score (nSPS) is 10.3. The van der Waals surface area contributed by atoms with Crippen LogP contribution in [0.3, 0.4) is 0 Å². The standard InChI is InChI=1S/C18H15N/c1-2-19-14-6-9-18(19)17-12-10-16(11-13-17)15-7-4-3-5-8-15/h2-14H,1H2. The van der Waals surface area contributed by atoms with Crippen LogP contribution in [0.1, 0.15) is 0 Å². The molecule has 92 valence electrons. The van der Waals surface area contributed by atoms with Crippen LogP contribution in [0.2, 0.25) is 0 Å². The van der Waals surface area contributed by atoms with Gasteiger partial charge in [-0.3, -0.25) is 0 Å². The first-order chi connectivity index (χ1) is 9.38. The van der Waals surface area contributed by atoms with E-state index in [2.05, 4.69) is 61.2 Å². The molecular weight excluding hydrogens is 230 g/mol. The van der Waals surface area contributed by atoms with Crippen LogP contribution in [-0.2, 0) is 0 Å². The summed E-state index contributed by atoms with van der Waals surface area (Å²) in [5.41, 5.74) is 4.84. The molecule has 0 radical (unpaired) electrons. The average molecular weight is 245 g/mol. The van der Waals surface area contributed by atoms with Crippen molar-refractivity contribution in [3.63, 3.8) is 0 Å². The van der Waals surface area contributed by atoms with E-state index in [-0.39, 0.29) is 0 Å². The zero-order chi connectivity index (χ0) is 13.1. The number of hydrogen-bond acceptors (Lipinski definition) is 0. The molecule has 0 amide bonds. The van der Waals surface area contributed by atoms with Crippen molar-refractivity contribution in [3.05, 3.63) is 79.5 Å². The van der Waals surface area contributed by atoms with Gasteiger partial charge >= 0.3 is 0 Å². The van der Waals surface area contributed by atoms with Crippen molar-refractivity contribution in [1.29, 1.82) is 0 Å². The Kier molecular flexibility index (Phi) is 3.03. The molecule has 3 rings (SSSR count). The van der Waals surface area contributed by atoms with E-state index in [9.17, 15) is 0 Å². The molecule has 0 aliphatic heterocycles. The Morgan fingerprint density at radius 3 is 2.00 bits per heavy atom. The molecule has 0 unspecified atom stereocenters. The van der Waals surface area contributed by atoms with Gasteiger partial charge in [0.05, 0.1) is 5.69 Å². The second kappa shape index (κ2) is 4.99. The second-order valence-corrected chi connectivity index (χ2v) is 4.43. The fraction of sp³-hybridized carbons (Fsp3) is 0. The number of rotatable bonds is 3. The van der Waals surface area contributed by atoms with Gasteiger partial charge in [-0.1, -0.05) is 61.2 Å². The van der Waals surface area contributed by atoms with Gasteiger partial charge in [-0.25, -0.2) is 0 Å². The van der Waals surface area contributed by atoms with Crippen molar-refractivity contribution in [3.8, 4) is 22.4 Å². The lowest BCUT2D eigenvalue weighted by molar-refractivity contribution is 1.18. The monoisotopic (exact) mass is 245 g/mol. The van der Waals surface area contributed by atoms with Gasteiger partial charge in [0.15, 0.2) is 0 Å². The fourth-order valence-electron chi connectivity index (χ4n) is 2.26. The van der Waals surface area contributed by atoms with Gasteiger partial charge in [-0.2, -0.15) is 0 Å². The summed E-state index contributed by atoms with van der Waals surface area (Å²) in [4.78, 5) is 0. The molecule has 0 N–H and O–H groups in total. The van der Waals surface area contributed by atoms with Crippen molar-refractivity contribution in [2.75, 3.05) is 0 Å². The Labute approximate surface area is 113 Å². The van der Waals surface area contributed by atoms with E-state index in [1.807, 2.05) is 29.1 Å². The van der Waals surface area contributed by atoms with E-state index in [0.29, 0.717) is 0 Å². The van der Waals surface area contributed by atoms with Crippen LogP contribution in [0.15, 0.2) is 79.5 Å². The third kappa shape index (κ3) is 2.23. The molecule has 1 nitrogen and oxygen atoms in total. The number of hydrogen-bond donors (Lipinski definition) is 0. The molecule has 1 aromatic heterocycles. The van der Waals surface area contributed by atoms with E-state index in [0.717, 1.165) is 5.69 Å². The predicted molar refractivity (Wildman–Crippen MR) is 81.7 cm³/mol. The smallest absolute Gasteiger partial charge is 0.0522 e. The van der Waals surface area contributed by atoms with Gasteiger partial charge in [0.2, 0.25) is 0 Å². The average Bonchev–Trinajstić information content (AvgIpc) is 2.97. The summed E-state index contributed by atoms with van der Waals surface area (Å²) in [6.07, 6.45) is 3.83. The van der Waals surface area contributed by atoms with E-state index in [1.165, 1.54) is 16.7 Å². The van der Waals surface area contributed by atoms with Crippen molar-refractivity contribution in [2.24, 2.45) is 0 Å². The molecule has 0 saturated heterocycles. The van der Waals surface area contributed by atoms with Gasteiger partial charge in [0.25, 0.3) is 0 Å². The summed E-state index contributed by atoms with van der Waals surface area (Å²) >= 11 is 0. The first-order valence-corrected chi connectivity index (χ1v) is 6.34. The maximum absolute atomic E-state index is 3.82. The minimum absolute atomic E-state index is 1.16. The van der Waals surface area contributed by atoms with Gasteiger partial charge in [-0.15, -0.1) is 0 Å². The second-order valence-electron chi connectivity index (χ2n) is 4.43. The molecule has 0 spiro atoms. The van der Waals surface area contributed by atoms with E-state index < -0.39 is 0 Å². The topological polar surface area (TPSA) is 4.93 Å². The summed E-state index contributed by atoms with van der Waals surface area (Å²) in [5.74, 6) is 0. The van der Waals surface area contributed by atoms with E-state index >= 15 is 0 Å². The lowest BCUT2D eigenvalue weighted by Crippen LogP contribution is -1.87. The highest BCUT2D eigenvalue weighted by Gasteiger charge is 2.02. The van der Waals surface area contributed by atoms with Crippen molar-refractivity contribution in [1.82, 2.24) is 4.57 Å². The van der Waals surface area contributed by atoms with Crippen LogP contribution in [0.5, 0.6) is 0 Å². The zero-order valence-corrected chi connectivity index (χ0v) is 10.7. The summed E-state index contributed by atoms with van der Waals surface area (Å²) in [7, 11) is 0. The molecular formula is C18H15N. The molecule has 2 aromatic carbocycles. The summed E-state index contributed by atoms with van der Waals surface area (Å²) in [6, 6.07) is 23.2. The fourth-order valence-corrected chi connectivity index (χ4v) is 2.26. The molecule has 0 aliphatic carbocycles. The lowest BCUT2D eigenvalue weighted by atomic mass is 10.0. The molecule has 0 saturated carbocycles. The maximum atomic E-state index is 3.82. The first-order valence-electron chi connectivity index (χ1n) is 6.34. The van der Waals surface area contributed by atoms with Gasteiger partial charge in [0, 0.05) is 12.4 Å². The van der Waals surface area contributed by atoms with Crippen LogP contribution in [0.25, 0.3) is 28.6 Å². The molecule has 0 atom stereocenters. The SMILES string of the molecule is C=Cn1cccc1-c1ccc(-c2ccccc2)cc1. The summed E-state index contributed by atoms with van der Waals surface area (Å²) in [5, 5.41) is 0. The summed E-state index contributed by atoms with van der Waals surface area (Å²) in [6.45, 7) is 3.82. The first kappa shape index (κ1) is 11.5. The van der Waals surface area contributed by atoms with Crippen molar-refractivity contribution in [2.45, 2.75) is 0 Å². The Balaban J connectivity index is 1.98. The largest absolute Gasteiger partial charge is 0.324 e. The van der Waals surface area contributed by atoms with Gasteiger partial charge in [-0.05, 0) is 28.8 Å². The highest BCUT2D eigenvalue weighted by atomic mass is 14.9. The lowest BCUT2D eigenvalue weighted by Gasteiger charge is -2.06.